The van der Waals surface area contributed by atoms with Crippen LogP contribution in [0.5, 0.6) is 5.88 Å². The molecule has 0 saturated carbocycles. The van der Waals surface area contributed by atoms with E-state index in [0.717, 1.165) is 0 Å². The first-order valence-electron chi connectivity index (χ1n) is 9.09. The summed E-state index contributed by atoms with van der Waals surface area (Å²) in [4.78, 5) is 35.8. The maximum Gasteiger partial charge on any atom is 0.422 e. The molecule has 158 valence electrons. The molecule has 8 nitrogen and oxygen atoms in total. The van der Waals surface area contributed by atoms with Gasteiger partial charge in [0, 0.05) is 35.6 Å². The Balaban J connectivity index is 1.50. The number of hydrogen-bond donors (Lipinski definition) is 0. The number of anilines is 1. The molecule has 2 aliphatic heterocycles. The summed E-state index contributed by atoms with van der Waals surface area (Å²) < 4.78 is 46.6. The summed E-state index contributed by atoms with van der Waals surface area (Å²) in [5.41, 5.74) is 2.16. The van der Waals surface area contributed by atoms with Crippen LogP contribution in [0.25, 0.3) is 0 Å². The highest BCUT2D eigenvalue weighted by molar-refractivity contribution is 6.01. The molecular weight excluding hydrogens is 405 g/mol. The number of carbonyl (C=O) groups excluding carboxylic acids is 2. The molecule has 4 rings (SSSR count). The summed E-state index contributed by atoms with van der Waals surface area (Å²) in [7, 11) is 0. The first kappa shape index (κ1) is 19.9. The summed E-state index contributed by atoms with van der Waals surface area (Å²) in [6.45, 7) is 1.23. The van der Waals surface area contributed by atoms with Crippen molar-refractivity contribution >= 4 is 17.8 Å². The first-order chi connectivity index (χ1) is 14.2. The molecule has 0 atom stereocenters. The van der Waals surface area contributed by atoms with E-state index < -0.39 is 18.9 Å². The lowest BCUT2D eigenvalue weighted by Crippen LogP contribution is -2.26. The topological polar surface area (TPSA) is 84.9 Å². The van der Waals surface area contributed by atoms with Crippen LogP contribution in [0.4, 0.5) is 23.8 Å². The van der Waals surface area contributed by atoms with Crippen LogP contribution in [0.15, 0.2) is 24.5 Å². The van der Waals surface area contributed by atoms with Crippen molar-refractivity contribution in [1.82, 2.24) is 14.9 Å². The van der Waals surface area contributed by atoms with Gasteiger partial charge in [-0.05, 0) is 24.6 Å². The van der Waals surface area contributed by atoms with Crippen LogP contribution >= 0.6 is 0 Å². The van der Waals surface area contributed by atoms with Crippen LogP contribution in [0.2, 0.25) is 0 Å². The SMILES string of the molecule is Cc1cc(CN2Cc3c(ccnc3N3CCOC3=O)C2=O)cnc1OCC(F)(F)F. The minimum absolute atomic E-state index is 0.105. The fraction of sp³-hybridized carbons (Fsp3) is 0.368. The molecule has 0 spiro atoms. The molecule has 0 bridgehead atoms. The van der Waals surface area contributed by atoms with Crippen molar-refractivity contribution in [2.24, 2.45) is 0 Å². The Morgan fingerprint density at radius 3 is 2.73 bits per heavy atom. The third-order valence-electron chi connectivity index (χ3n) is 4.75. The fourth-order valence-corrected chi connectivity index (χ4v) is 3.45. The van der Waals surface area contributed by atoms with E-state index >= 15 is 0 Å². The van der Waals surface area contributed by atoms with Crippen molar-refractivity contribution in [1.29, 1.82) is 0 Å². The average Bonchev–Trinajstić information content (AvgIpc) is 3.24. The Kier molecular flexibility index (Phi) is 4.96. The summed E-state index contributed by atoms with van der Waals surface area (Å²) >= 11 is 0. The van der Waals surface area contributed by atoms with E-state index in [2.05, 4.69) is 9.97 Å². The summed E-state index contributed by atoms with van der Waals surface area (Å²) in [6.07, 6.45) is -2.10. The predicted molar refractivity (Wildman–Crippen MR) is 97.0 cm³/mol. The number of rotatable bonds is 5. The Morgan fingerprint density at radius 2 is 2.07 bits per heavy atom. The number of hydrogen-bond acceptors (Lipinski definition) is 6. The number of fused-ring (bicyclic) bond motifs is 1. The van der Waals surface area contributed by atoms with E-state index in [-0.39, 0.29) is 31.5 Å². The van der Waals surface area contributed by atoms with Gasteiger partial charge in [0.15, 0.2) is 6.61 Å². The quantitative estimate of drug-likeness (QED) is 0.737. The number of carbonyl (C=O) groups is 2. The zero-order valence-electron chi connectivity index (χ0n) is 15.9. The van der Waals surface area contributed by atoms with Crippen LogP contribution in [-0.2, 0) is 17.8 Å². The van der Waals surface area contributed by atoms with Crippen molar-refractivity contribution in [2.75, 3.05) is 24.7 Å². The van der Waals surface area contributed by atoms with Crippen LogP contribution in [-0.4, -0.2) is 52.8 Å². The first-order valence-corrected chi connectivity index (χ1v) is 9.09. The molecular formula is C19H17F3N4O4. The second-order valence-electron chi connectivity index (χ2n) is 6.96. The number of amides is 2. The highest BCUT2D eigenvalue weighted by atomic mass is 19.4. The van der Waals surface area contributed by atoms with Gasteiger partial charge in [0.2, 0.25) is 5.88 Å². The van der Waals surface area contributed by atoms with Gasteiger partial charge in [-0.15, -0.1) is 0 Å². The molecule has 2 aliphatic rings. The van der Waals surface area contributed by atoms with Crippen molar-refractivity contribution in [3.05, 3.63) is 46.8 Å². The summed E-state index contributed by atoms with van der Waals surface area (Å²) in [5, 5.41) is 0. The fourth-order valence-electron chi connectivity index (χ4n) is 3.45. The van der Waals surface area contributed by atoms with Crippen molar-refractivity contribution in [3.8, 4) is 5.88 Å². The molecule has 2 amide bonds. The molecule has 11 heteroatoms. The molecule has 2 aromatic rings. The molecule has 0 aromatic carbocycles. The Hall–Kier alpha value is -3.37. The van der Waals surface area contributed by atoms with Crippen molar-refractivity contribution in [3.63, 3.8) is 0 Å². The summed E-state index contributed by atoms with van der Waals surface area (Å²) in [5.74, 6) is 0.0680. The smallest absolute Gasteiger partial charge is 0.422 e. The molecule has 1 saturated heterocycles. The number of halogens is 3. The molecule has 0 radical (unpaired) electrons. The number of cyclic esters (lactones) is 1. The monoisotopic (exact) mass is 422 g/mol. The maximum absolute atomic E-state index is 12.8. The number of nitrogens with zero attached hydrogens (tertiary/aromatic N) is 4. The Morgan fingerprint density at radius 1 is 1.27 bits per heavy atom. The molecule has 0 aliphatic carbocycles. The van der Waals surface area contributed by atoms with E-state index in [1.807, 2.05) is 0 Å². The van der Waals surface area contributed by atoms with Crippen LogP contribution in [0, 0.1) is 6.92 Å². The molecule has 4 heterocycles. The Bertz CT molecular complexity index is 1010. The Labute approximate surface area is 169 Å². The minimum Gasteiger partial charge on any atom is -0.468 e. The zero-order valence-corrected chi connectivity index (χ0v) is 15.9. The predicted octanol–water partition coefficient (Wildman–Crippen LogP) is 2.84. The highest BCUT2D eigenvalue weighted by Gasteiger charge is 2.35. The lowest BCUT2D eigenvalue weighted by Gasteiger charge is -2.17. The molecule has 30 heavy (non-hydrogen) atoms. The standard InChI is InChI=1S/C19H17F3N4O4/c1-11-6-12(7-24-16(11)30-10-19(20,21)22)8-25-9-14-13(17(25)27)2-3-23-15(14)26-4-5-29-18(26)28/h2-3,6-7H,4-5,8-10H2,1H3. The zero-order chi connectivity index (χ0) is 21.5. The van der Waals surface area contributed by atoms with E-state index in [4.69, 9.17) is 9.47 Å². The number of ether oxygens (including phenoxy) is 2. The van der Waals surface area contributed by atoms with Gasteiger partial charge in [0.05, 0.1) is 13.1 Å². The number of aromatic nitrogens is 2. The molecule has 0 unspecified atom stereocenters. The van der Waals surface area contributed by atoms with E-state index in [9.17, 15) is 22.8 Å². The minimum atomic E-state index is -4.45. The average molecular weight is 422 g/mol. The van der Waals surface area contributed by atoms with Gasteiger partial charge in [-0.1, -0.05) is 0 Å². The van der Waals surface area contributed by atoms with Gasteiger partial charge in [-0.2, -0.15) is 13.2 Å². The van der Waals surface area contributed by atoms with Gasteiger partial charge in [0.25, 0.3) is 5.91 Å². The van der Waals surface area contributed by atoms with Crippen LogP contribution in [0.1, 0.15) is 27.0 Å². The second kappa shape index (κ2) is 7.47. The van der Waals surface area contributed by atoms with Gasteiger partial charge in [0.1, 0.15) is 12.4 Å². The number of alkyl halides is 3. The van der Waals surface area contributed by atoms with E-state index in [0.29, 0.717) is 34.6 Å². The number of aryl methyl sites for hydroxylation is 1. The third kappa shape index (κ3) is 3.87. The largest absolute Gasteiger partial charge is 0.468 e. The number of pyridine rings is 2. The molecule has 1 fully saturated rings. The normalized spacial score (nSPS) is 16.1. The molecule has 0 N–H and O–H groups in total. The van der Waals surface area contributed by atoms with Gasteiger partial charge in [-0.25, -0.2) is 14.8 Å². The lowest BCUT2D eigenvalue weighted by atomic mass is 10.1. The van der Waals surface area contributed by atoms with Gasteiger partial charge in [-0.3, -0.25) is 9.69 Å². The highest BCUT2D eigenvalue weighted by Crippen LogP contribution is 2.32. The van der Waals surface area contributed by atoms with Crippen LogP contribution in [0.3, 0.4) is 0 Å². The molecule has 2 aromatic heterocycles. The van der Waals surface area contributed by atoms with Gasteiger partial charge >= 0.3 is 12.3 Å². The van der Waals surface area contributed by atoms with E-state index in [1.54, 1.807) is 24.0 Å². The lowest BCUT2D eigenvalue weighted by molar-refractivity contribution is -0.154. The van der Waals surface area contributed by atoms with E-state index in [1.165, 1.54) is 17.3 Å². The van der Waals surface area contributed by atoms with Crippen molar-refractivity contribution < 1.29 is 32.2 Å². The summed E-state index contributed by atoms with van der Waals surface area (Å²) in [6, 6.07) is 3.23. The van der Waals surface area contributed by atoms with Gasteiger partial charge < -0.3 is 14.4 Å². The third-order valence-corrected chi connectivity index (χ3v) is 4.75. The second-order valence-corrected chi connectivity index (χ2v) is 6.96. The van der Waals surface area contributed by atoms with Crippen LogP contribution < -0.4 is 9.64 Å². The van der Waals surface area contributed by atoms with Crippen molar-refractivity contribution in [2.45, 2.75) is 26.2 Å². The maximum atomic E-state index is 12.8.